The largest absolute Gasteiger partial charge is 0.479 e. The van der Waals surface area contributed by atoms with Gasteiger partial charge in [0.2, 0.25) is 0 Å². The first kappa shape index (κ1) is 13.0. The van der Waals surface area contributed by atoms with E-state index in [2.05, 4.69) is 5.32 Å². The number of amides is 1. The molecule has 2 aromatic heterocycles. The number of rotatable bonds is 4. The van der Waals surface area contributed by atoms with Crippen molar-refractivity contribution in [3.63, 3.8) is 0 Å². The number of aliphatic carboxylic acids is 1. The van der Waals surface area contributed by atoms with Crippen molar-refractivity contribution in [2.24, 2.45) is 0 Å². The maximum absolute atomic E-state index is 11.8. The molecule has 0 fully saturated rings. The van der Waals surface area contributed by atoms with E-state index in [1.54, 1.807) is 17.4 Å². The Hall–Kier alpha value is -1.44. The summed E-state index contributed by atoms with van der Waals surface area (Å²) in [5.41, 5.74) is -1.95. The Bertz CT molecular complexity index is 570. The number of thiophene rings is 2. The van der Waals surface area contributed by atoms with Crippen LogP contribution in [-0.2, 0) is 4.79 Å². The number of carboxylic acid groups (broad SMARTS) is 1. The molecular formula is C11H11NO4S2. The van der Waals surface area contributed by atoms with Crippen molar-refractivity contribution in [1.29, 1.82) is 0 Å². The fourth-order valence-electron chi connectivity index (χ4n) is 1.29. The molecule has 2 rings (SSSR count). The van der Waals surface area contributed by atoms with E-state index >= 15 is 0 Å². The molecule has 0 bridgehead atoms. The molecule has 0 saturated heterocycles. The summed E-state index contributed by atoms with van der Waals surface area (Å²) in [5.74, 6) is -1.74. The molecular weight excluding hydrogens is 274 g/mol. The van der Waals surface area contributed by atoms with Gasteiger partial charge in [-0.15, -0.1) is 22.7 Å². The first-order chi connectivity index (χ1) is 8.40. The fourth-order valence-corrected chi connectivity index (χ4v) is 3.32. The highest BCUT2D eigenvalue weighted by Crippen LogP contribution is 2.29. The van der Waals surface area contributed by atoms with Crippen LogP contribution in [0.5, 0.6) is 0 Å². The predicted octanol–water partition coefficient (Wildman–Crippen LogP) is 1.53. The number of carbonyl (C=O) groups is 2. The SMILES string of the molecule is CC(O)(CNC(=O)c1cc2sccc2s1)C(=O)O. The third-order valence-electron chi connectivity index (χ3n) is 2.42. The topological polar surface area (TPSA) is 86.6 Å². The van der Waals surface area contributed by atoms with Crippen LogP contribution in [0.3, 0.4) is 0 Å². The monoisotopic (exact) mass is 285 g/mol. The molecule has 1 unspecified atom stereocenters. The third kappa shape index (κ3) is 2.53. The molecule has 0 aliphatic rings. The van der Waals surface area contributed by atoms with E-state index in [4.69, 9.17) is 5.11 Å². The summed E-state index contributed by atoms with van der Waals surface area (Å²) in [6, 6.07) is 3.68. The average molecular weight is 285 g/mol. The summed E-state index contributed by atoms with van der Waals surface area (Å²) in [6.07, 6.45) is 0. The van der Waals surface area contributed by atoms with Gasteiger partial charge >= 0.3 is 5.97 Å². The second kappa shape index (κ2) is 4.68. The highest BCUT2D eigenvalue weighted by Gasteiger charge is 2.30. The Kier molecular flexibility index (Phi) is 3.38. The van der Waals surface area contributed by atoms with Crippen molar-refractivity contribution in [2.45, 2.75) is 12.5 Å². The van der Waals surface area contributed by atoms with Crippen molar-refractivity contribution in [2.75, 3.05) is 6.54 Å². The summed E-state index contributed by atoms with van der Waals surface area (Å²) < 4.78 is 2.05. The Morgan fingerprint density at radius 3 is 2.78 bits per heavy atom. The quantitative estimate of drug-likeness (QED) is 0.795. The lowest BCUT2D eigenvalue weighted by atomic mass is 10.1. The molecule has 0 radical (unpaired) electrons. The number of hydrogen-bond acceptors (Lipinski definition) is 5. The average Bonchev–Trinajstić information content (AvgIpc) is 2.85. The molecule has 5 nitrogen and oxygen atoms in total. The molecule has 3 N–H and O–H groups in total. The van der Waals surface area contributed by atoms with Crippen LogP contribution in [0.2, 0.25) is 0 Å². The number of fused-ring (bicyclic) bond motifs is 1. The normalized spacial score (nSPS) is 14.3. The first-order valence-electron chi connectivity index (χ1n) is 5.11. The van der Waals surface area contributed by atoms with Gasteiger partial charge in [0.25, 0.3) is 5.91 Å². The minimum absolute atomic E-state index is 0.327. The van der Waals surface area contributed by atoms with Gasteiger partial charge in [-0.05, 0) is 24.4 Å². The number of aliphatic hydroxyl groups is 1. The Morgan fingerprint density at radius 2 is 2.17 bits per heavy atom. The van der Waals surface area contributed by atoms with Crippen LogP contribution in [-0.4, -0.2) is 34.2 Å². The zero-order valence-electron chi connectivity index (χ0n) is 9.47. The standard InChI is InChI=1S/C11H11NO4S2/c1-11(16,10(14)15)5-12-9(13)8-4-7-6(18-8)2-3-17-7/h2-4,16H,5H2,1H3,(H,12,13)(H,14,15). The van der Waals surface area contributed by atoms with Gasteiger partial charge < -0.3 is 15.5 Å². The van der Waals surface area contributed by atoms with Gasteiger partial charge in [-0.2, -0.15) is 0 Å². The Morgan fingerprint density at radius 1 is 1.44 bits per heavy atom. The second-order valence-corrected chi connectivity index (χ2v) is 6.05. The number of hydrogen-bond donors (Lipinski definition) is 3. The van der Waals surface area contributed by atoms with E-state index < -0.39 is 11.6 Å². The summed E-state index contributed by atoms with van der Waals surface area (Å²) in [6.45, 7) is 0.815. The van der Waals surface area contributed by atoms with E-state index in [1.165, 1.54) is 11.3 Å². The van der Waals surface area contributed by atoms with Crippen molar-refractivity contribution >= 4 is 43.9 Å². The van der Waals surface area contributed by atoms with E-state index in [0.717, 1.165) is 16.3 Å². The summed E-state index contributed by atoms with van der Waals surface area (Å²) in [7, 11) is 0. The molecule has 1 atom stereocenters. The zero-order valence-corrected chi connectivity index (χ0v) is 11.1. The molecule has 7 heteroatoms. The molecule has 0 aliphatic heterocycles. The van der Waals surface area contributed by atoms with Crippen LogP contribution in [0, 0.1) is 0 Å². The summed E-state index contributed by atoms with van der Waals surface area (Å²) in [5, 5.41) is 22.5. The summed E-state index contributed by atoms with van der Waals surface area (Å²) >= 11 is 2.88. The molecule has 0 aliphatic carbocycles. The third-order valence-corrected chi connectivity index (χ3v) is 4.51. The van der Waals surface area contributed by atoms with Gasteiger partial charge in [-0.1, -0.05) is 0 Å². The zero-order chi connectivity index (χ0) is 13.3. The van der Waals surface area contributed by atoms with Gasteiger partial charge in [0.15, 0.2) is 5.60 Å². The molecule has 18 heavy (non-hydrogen) atoms. The molecule has 96 valence electrons. The number of carbonyl (C=O) groups excluding carboxylic acids is 1. The van der Waals surface area contributed by atoms with E-state index in [0.29, 0.717) is 4.88 Å². The summed E-state index contributed by atoms with van der Waals surface area (Å²) in [4.78, 5) is 23.0. The molecule has 1 amide bonds. The molecule has 2 heterocycles. The van der Waals surface area contributed by atoms with Crippen LogP contribution in [0.4, 0.5) is 0 Å². The molecule has 2 aromatic rings. The van der Waals surface area contributed by atoms with E-state index in [1.807, 2.05) is 11.4 Å². The maximum atomic E-state index is 11.8. The van der Waals surface area contributed by atoms with Crippen LogP contribution in [0.1, 0.15) is 16.6 Å². The first-order valence-corrected chi connectivity index (χ1v) is 6.81. The van der Waals surface area contributed by atoms with Crippen LogP contribution in [0.15, 0.2) is 17.5 Å². The van der Waals surface area contributed by atoms with Crippen LogP contribution >= 0.6 is 22.7 Å². The van der Waals surface area contributed by atoms with Gasteiger partial charge in [-0.25, -0.2) is 4.79 Å². The minimum atomic E-state index is -1.95. The fraction of sp³-hybridized carbons (Fsp3) is 0.273. The predicted molar refractivity (Wildman–Crippen MR) is 70.3 cm³/mol. The molecule has 0 saturated carbocycles. The van der Waals surface area contributed by atoms with Crippen LogP contribution < -0.4 is 5.32 Å². The lowest BCUT2D eigenvalue weighted by Crippen LogP contribution is -2.46. The van der Waals surface area contributed by atoms with Crippen molar-refractivity contribution in [3.05, 3.63) is 22.4 Å². The van der Waals surface area contributed by atoms with Gasteiger partial charge in [0.05, 0.1) is 11.4 Å². The number of nitrogens with one attached hydrogen (secondary N) is 1. The van der Waals surface area contributed by atoms with Gasteiger partial charge in [0, 0.05) is 9.40 Å². The van der Waals surface area contributed by atoms with Crippen molar-refractivity contribution < 1.29 is 19.8 Å². The van der Waals surface area contributed by atoms with Crippen LogP contribution in [0.25, 0.3) is 9.40 Å². The van der Waals surface area contributed by atoms with E-state index in [9.17, 15) is 14.7 Å². The van der Waals surface area contributed by atoms with E-state index in [-0.39, 0.29) is 12.5 Å². The molecule has 0 aromatic carbocycles. The number of carboxylic acids is 1. The lowest BCUT2D eigenvalue weighted by Gasteiger charge is -2.17. The van der Waals surface area contributed by atoms with Crippen molar-refractivity contribution in [3.8, 4) is 0 Å². The lowest BCUT2D eigenvalue weighted by molar-refractivity contribution is -0.155. The molecule has 0 spiro atoms. The maximum Gasteiger partial charge on any atom is 0.337 e. The highest BCUT2D eigenvalue weighted by atomic mass is 32.1. The van der Waals surface area contributed by atoms with Crippen molar-refractivity contribution in [1.82, 2.24) is 5.32 Å². The smallest absolute Gasteiger partial charge is 0.337 e. The highest BCUT2D eigenvalue weighted by molar-refractivity contribution is 7.27. The Balaban J connectivity index is 2.05. The Labute approximate surface area is 111 Å². The van der Waals surface area contributed by atoms with Gasteiger partial charge in [-0.3, -0.25) is 4.79 Å². The minimum Gasteiger partial charge on any atom is -0.479 e. The van der Waals surface area contributed by atoms with Gasteiger partial charge in [0.1, 0.15) is 0 Å². The second-order valence-electron chi connectivity index (χ2n) is 4.02.